The highest BCUT2D eigenvalue weighted by molar-refractivity contribution is 5.92. The maximum Gasteiger partial charge on any atom is 0.269 e. The van der Waals surface area contributed by atoms with Crippen LogP contribution in [0.15, 0.2) is 12.3 Å². The first-order chi connectivity index (χ1) is 6.56. The molecular formula is C11H16N2O. The van der Waals surface area contributed by atoms with Gasteiger partial charge in [-0.2, -0.15) is 0 Å². The number of nitrogens with zero attached hydrogens (tertiary/aromatic N) is 1. The van der Waals surface area contributed by atoms with Gasteiger partial charge in [-0.1, -0.05) is 13.8 Å². The first-order valence-corrected chi connectivity index (χ1v) is 4.75. The fourth-order valence-electron chi connectivity index (χ4n) is 1.42. The third-order valence-electron chi connectivity index (χ3n) is 2.23. The third-order valence-corrected chi connectivity index (χ3v) is 2.23. The summed E-state index contributed by atoms with van der Waals surface area (Å²) < 4.78 is 0. The van der Waals surface area contributed by atoms with E-state index in [0.29, 0.717) is 11.6 Å². The number of carbonyl (C=O) groups is 1. The minimum atomic E-state index is -0.136. The molecule has 0 unspecified atom stereocenters. The number of hydrogen-bond donors (Lipinski definition) is 1. The molecular weight excluding hydrogens is 176 g/mol. The molecule has 1 aromatic rings. The van der Waals surface area contributed by atoms with Gasteiger partial charge >= 0.3 is 0 Å². The summed E-state index contributed by atoms with van der Waals surface area (Å²) in [4.78, 5) is 15.4. The second-order valence-corrected chi connectivity index (χ2v) is 3.66. The highest BCUT2D eigenvalue weighted by Crippen LogP contribution is 2.18. The van der Waals surface area contributed by atoms with Crippen molar-refractivity contribution in [1.29, 1.82) is 0 Å². The van der Waals surface area contributed by atoms with E-state index >= 15 is 0 Å². The summed E-state index contributed by atoms with van der Waals surface area (Å²) in [5.41, 5.74) is 2.79. The molecule has 76 valence electrons. The lowest BCUT2D eigenvalue weighted by molar-refractivity contribution is 0.0958. The van der Waals surface area contributed by atoms with Crippen LogP contribution in [0.2, 0.25) is 0 Å². The van der Waals surface area contributed by atoms with Crippen LogP contribution in [-0.4, -0.2) is 17.9 Å². The van der Waals surface area contributed by atoms with Crippen molar-refractivity contribution in [2.45, 2.75) is 26.7 Å². The van der Waals surface area contributed by atoms with Crippen molar-refractivity contribution in [3.05, 3.63) is 29.1 Å². The summed E-state index contributed by atoms with van der Waals surface area (Å²) in [6, 6.07) is 1.83. The van der Waals surface area contributed by atoms with E-state index in [1.807, 2.05) is 13.0 Å². The molecule has 3 nitrogen and oxygen atoms in total. The van der Waals surface area contributed by atoms with E-state index in [2.05, 4.69) is 24.1 Å². The van der Waals surface area contributed by atoms with E-state index in [1.54, 1.807) is 13.2 Å². The molecule has 0 fully saturated rings. The number of rotatable bonds is 2. The number of hydrogen-bond acceptors (Lipinski definition) is 2. The van der Waals surface area contributed by atoms with Crippen LogP contribution in [0.25, 0.3) is 0 Å². The number of aromatic nitrogens is 1. The normalized spacial score (nSPS) is 10.4. The van der Waals surface area contributed by atoms with E-state index < -0.39 is 0 Å². The van der Waals surface area contributed by atoms with Crippen LogP contribution in [0, 0.1) is 6.92 Å². The lowest BCUT2D eigenvalue weighted by atomic mass is 10.00. The molecule has 0 aromatic carbocycles. The minimum Gasteiger partial charge on any atom is -0.354 e. The van der Waals surface area contributed by atoms with E-state index in [4.69, 9.17) is 0 Å². The monoisotopic (exact) mass is 192 g/mol. The molecule has 0 atom stereocenters. The SMILES string of the molecule is CNC(=O)c1cc(C)c(C(C)C)cn1. The highest BCUT2D eigenvalue weighted by Gasteiger charge is 2.09. The van der Waals surface area contributed by atoms with Crippen molar-refractivity contribution >= 4 is 5.91 Å². The van der Waals surface area contributed by atoms with Gasteiger partial charge in [0.1, 0.15) is 5.69 Å². The quantitative estimate of drug-likeness (QED) is 0.777. The Bertz CT molecular complexity index is 345. The number of nitrogens with one attached hydrogen (secondary N) is 1. The zero-order chi connectivity index (χ0) is 10.7. The summed E-state index contributed by atoms with van der Waals surface area (Å²) in [5, 5.41) is 2.56. The fraction of sp³-hybridized carbons (Fsp3) is 0.455. The van der Waals surface area contributed by atoms with Gasteiger partial charge in [0.15, 0.2) is 0 Å². The Morgan fingerprint density at radius 3 is 2.57 bits per heavy atom. The molecule has 1 amide bonds. The molecule has 0 bridgehead atoms. The number of aryl methyl sites for hydroxylation is 1. The van der Waals surface area contributed by atoms with E-state index in [0.717, 1.165) is 5.56 Å². The number of pyridine rings is 1. The summed E-state index contributed by atoms with van der Waals surface area (Å²) >= 11 is 0. The zero-order valence-electron chi connectivity index (χ0n) is 9.09. The standard InChI is InChI=1S/C11H16N2O/c1-7(2)9-6-13-10(5-8(9)3)11(14)12-4/h5-7H,1-4H3,(H,12,14). The molecule has 0 aliphatic heterocycles. The summed E-state index contributed by atoms with van der Waals surface area (Å²) in [5.74, 6) is 0.310. The number of amides is 1. The zero-order valence-corrected chi connectivity index (χ0v) is 9.09. The summed E-state index contributed by atoms with van der Waals surface area (Å²) in [6.45, 7) is 6.23. The van der Waals surface area contributed by atoms with Crippen LogP contribution >= 0.6 is 0 Å². The van der Waals surface area contributed by atoms with Gasteiger partial charge in [-0.15, -0.1) is 0 Å². The van der Waals surface area contributed by atoms with Crippen LogP contribution < -0.4 is 5.32 Å². The molecule has 0 aliphatic carbocycles. The fourth-order valence-corrected chi connectivity index (χ4v) is 1.42. The van der Waals surface area contributed by atoms with Crippen LogP contribution in [0.4, 0.5) is 0 Å². The molecule has 1 rings (SSSR count). The number of carbonyl (C=O) groups excluding carboxylic acids is 1. The Morgan fingerprint density at radius 2 is 2.14 bits per heavy atom. The molecule has 0 spiro atoms. The minimum absolute atomic E-state index is 0.136. The summed E-state index contributed by atoms with van der Waals surface area (Å²) in [7, 11) is 1.61. The Kier molecular flexibility index (Phi) is 3.23. The molecule has 1 N–H and O–H groups in total. The Morgan fingerprint density at radius 1 is 1.50 bits per heavy atom. The first kappa shape index (κ1) is 10.7. The molecule has 0 saturated heterocycles. The largest absolute Gasteiger partial charge is 0.354 e. The summed E-state index contributed by atoms with van der Waals surface area (Å²) in [6.07, 6.45) is 1.78. The molecule has 0 radical (unpaired) electrons. The lowest BCUT2D eigenvalue weighted by Crippen LogP contribution is -2.19. The maximum atomic E-state index is 11.3. The highest BCUT2D eigenvalue weighted by atomic mass is 16.1. The van der Waals surface area contributed by atoms with Crippen molar-refractivity contribution in [2.75, 3.05) is 7.05 Å². The van der Waals surface area contributed by atoms with Crippen molar-refractivity contribution in [3.63, 3.8) is 0 Å². The van der Waals surface area contributed by atoms with Crippen molar-refractivity contribution < 1.29 is 4.79 Å². The lowest BCUT2D eigenvalue weighted by Gasteiger charge is -2.09. The van der Waals surface area contributed by atoms with Gasteiger partial charge in [0.2, 0.25) is 0 Å². The van der Waals surface area contributed by atoms with Gasteiger partial charge in [0.25, 0.3) is 5.91 Å². The van der Waals surface area contributed by atoms with E-state index in [-0.39, 0.29) is 5.91 Å². The predicted octanol–water partition coefficient (Wildman–Crippen LogP) is 1.87. The van der Waals surface area contributed by atoms with Crippen LogP contribution in [0.3, 0.4) is 0 Å². The van der Waals surface area contributed by atoms with Crippen LogP contribution in [-0.2, 0) is 0 Å². The smallest absolute Gasteiger partial charge is 0.269 e. The van der Waals surface area contributed by atoms with Crippen molar-refractivity contribution in [2.24, 2.45) is 0 Å². The van der Waals surface area contributed by atoms with Gasteiger partial charge in [-0.05, 0) is 30.0 Å². The second-order valence-electron chi connectivity index (χ2n) is 3.66. The molecule has 14 heavy (non-hydrogen) atoms. The average molecular weight is 192 g/mol. The average Bonchev–Trinajstić information content (AvgIpc) is 2.15. The predicted molar refractivity (Wildman–Crippen MR) is 56.5 cm³/mol. The molecule has 0 saturated carbocycles. The van der Waals surface area contributed by atoms with Crippen LogP contribution in [0.5, 0.6) is 0 Å². The Labute approximate surface area is 84.6 Å². The second kappa shape index (κ2) is 4.22. The van der Waals surface area contributed by atoms with E-state index in [1.165, 1.54) is 5.56 Å². The maximum absolute atomic E-state index is 11.3. The molecule has 1 heterocycles. The first-order valence-electron chi connectivity index (χ1n) is 4.75. The van der Waals surface area contributed by atoms with Gasteiger partial charge in [-0.25, -0.2) is 0 Å². The Hall–Kier alpha value is -1.38. The molecule has 0 aliphatic rings. The Balaban J connectivity index is 3.06. The van der Waals surface area contributed by atoms with E-state index in [9.17, 15) is 4.79 Å². The molecule has 3 heteroatoms. The van der Waals surface area contributed by atoms with Gasteiger partial charge in [-0.3, -0.25) is 9.78 Å². The van der Waals surface area contributed by atoms with Gasteiger partial charge in [0.05, 0.1) is 0 Å². The van der Waals surface area contributed by atoms with Crippen molar-refractivity contribution in [1.82, 2.24) is 10.3 Å². The van der Waals surface area contributed by atoms with Gasteiger partial charge < -0.3 is 5.32 Å². The third kappa shape index (κ3) is 2.10. The molecule has 1 aromatic heterocycles. The van der Waals surface area contributed by atoms with Crippen molar-refractivity contribution in [3.8, 4) is 0 Å². The topological polar surface area (TPSA) is 42.0 Å². The van der Waals surface area contributed by atoms with Crippen LogP contribution in [0.1, 0.15) is 41.4 Å². The van der Waals surface area contributed by atoms with Gasteiger partial charge in [0, 0.05) is 13.2 Å².